The maximum absolute atomic E-state index is 11.6. The first-order valence-corrected chi connectivity index (χ1v) is 8.97. The van der Waals surface area contributed by atoms with E-state index in [4.69, 9.17) is 4.74 Å². The Morgan fingerprint density at radius 3 is 1.79 bits per heavy atom. The average Bonchev–Trinajstić information content (AvgIpc) is 2.46. The lowest BCUT2D eigenvalue weighted by molar-refractivity contribution is -0.145. The van der Waals surface area contributed by atoms with Gasteiger partial charge in [0.2, 0.25) is 0 Å². The molecule has 3 heteroatoms. The molecular weight excluding hydrogens is 303 g/mol. The monoisotopic (exact) mass is 337 g/mol. The van der Waals surface area contributed by atoms with E-state index in [9.17, 15) is 9.59 Å². The molecule has 0 fully saturated rings. The highest BCUT2D eigenvalue weighted by Crippen LogP contribution is 2.12. The van der Waals surface area contributed by atoms with Gasteiger partial charge in [-0.25, -0.2) is 0 Å². The Labute approximate surface area is 147 Å². The lowest BCUT2D eigenvalue weighted by atomic mass is 10.1. The smallest absolute Gasteiger partial charge is 0.313 e. The molecule has 0 spiro atoms. The standard InChI is InChI=1S/C21H34O3/c1-6-24-21(23)16-20(22)15-9-14-19(5)13-8-12-18(4)11-7-10-17(2)3/h10,12,14H,6-9,11,13,15-16H2,1-5H3/b18-12+,19-14+/i15+1,16+1,20+1. The fraction of sp³-hybridized carbons (Fsp3) is 0.619. The summed E-state index contributed by atoms with van der Waals surface area (Å²) in [4.78, 5) is 22.8. The lowest BCUT2D eigenvalue weighted by Crippen LogP contribution is -2.10. The van der Waals surface area contributed by atoms with E-state index in [1.54, 1.807) is 6.92 Å². The van der Waals surface area contributed by atoms with Crippen molar-refractivity contribution in [3.63, 3.8) is 0 Å². The van der Waals surface area contributed by atoms with Crippen LogP contribution in [0.3, 0.4) is 0 Å². The van der Waals surface area contributed by atoms with Crippen LogP contribution in [0.1, 0.15) is 79.6 Å². The number of esters is 1. The van der Waals surface area contributed by atoms with Crippen molar-refractivity contribution in [2.75, 3.05) is 6.61 Å². The number of ketones is 1. The first-order valence-electron chi connectivity index (χ1n) is 8.97. The molecule has 0 aromatic heterocycles. The minimum absolute atomic E-state index is 0.0486. The number of Topliss-reactive ketones (excluding diaryl/α,β-unsaturated/α-hetero) is 1. The third-order valence-electron chi connectivity index (χ3n) is 3.69. The molecule has 0 saturated carbocycles. The van der Waals surface area contributed by atoms with Crippen molar-refractivity contribution in [2.45, 2.75) is 79.6 Å². The molecule has 0 heterocycles. The van der Waals surface area contributed by atoms with Crippen LogP contribution in [0.25, 0.3) is 0 Å². The second-order valence-corrected chi connectivity index (χ2v) is 6.52. The molecule has 0 aromatic carbocycles. The molecule has 3 nitrogen and oxygen atoms in total. The predicted octanol–water partition coefficient (Wildman–Crippen LogP) is 5.71. The van der Waals surface area contributed by atoms with Crippen LogP contribution in [0.5, 0.6) is 0 Å². The molecule has 136 valence electrons. The van der Waals surface area contributed by atoms with Crippen LogP contribution in [-0.4, -0.2) is 18.4 Å². The Balaban J connectivity index is 3.96. The first kappa shape index (κ1) is 22.4. The van der Waals surface area contributed by atoms with Crippen LogP contribution in [0, 0.1) is 0 Å². The quantitative estimate of drug-likeness (QED) is 0.198. The number of carbonyl (C=O) groups is 2. The molecule has 0 bridgehead atoms. The molecule has 0 aliphatic rings. The van der Waals surface area contributed by atoms with Crippen molar-refractivity contribution in [3.05, 3.63) is 34.9 Å². The van der Waals surface area contributed by atoms with Gasteiger partial charge in [0.15, 0.2) is 0 Å². The van der Waals surface area contributed by atoms with Crippen LogP contribution >= 0.6 is 0 Å². The van der Waals surface area contributed by atoms with Gasteiger partial charge in [-0.3, -0.25) is 9.59 Å². The first-order chi connectivity index (χ1) is 11.3. The molecule has 0 amide bonds. The van der Waals surface area contributed by atoms with Crippen LogP contribution < -0.4 is 0 Å². The molecule has 0 radical (unpaired) electrons. The fourth-order valence-corrected chi connectivity index (χ4v) is 2.28. The number of hydrogen-bond acceptors (Lipinski definition) is 3. The van der Waals surface area contributed by atoms with Crippen LogP contribution in [0.2, 0.25) is 0 Å². The van der Waals surface area contributed by atoms with Crippen LogP contribution in [0.15, 0.2) is 34.9 Å². The molecule has 0 aromatic rings. The Morgan fingerprint density at radius 2 is 1.29 bits per heavy atom. The molecular formula is C21H34O3. The summed E-state index contributed by atoms with van der Waals surface area (Å²) in [7, 11) is 0. The number of allylic oxidation sites excluding steroid dienone is 6. The Hall–Kier alpha value is -1.64. The highest BCUT2D eigenvalue weighted by molar-refractivity contribution is 5.95. The van der Waals surface area contributed by atoms with E-state index in [1.807, 2.05) is 0 Å². The maximum Gasteiger partial charge on any atom is 0.313 e. The van der Waals surface area contributed by atoms with Gasteiger partial charge in [-0.2, -0.15) is 0 Å². The number of ether oxygens (including phenoxy) is 1. The number of hydrogen-bond donors (Lipinski definition) is 0. The molecule has 0 rings (SSSR count). The number of rotatable bonds is 12. The summed E-state index contributed by atoms with van der Waals surface area (Å²) in [5, 5.41) is 0. The van der Waals surface area contributed by atoms with E-state index >= 15 is 0 Å². The second-order valence-electron chi connectivity index (χ2n) is 6.52. The minimum atomic E-state index is -0.420. The van der Waals surface area contributed by atoms with Gasteiger partial charge in [0.1, 0.15) is 12.2 Å². The van der Waals surface area contributed by atoms with Gasteiger partial charge in [-0.15, -0.1) is 0 Å². The third-order valence-corrected chi connectivity index (χ3v) is 3.69. The number of carbonyl (C=O) groups excluding carboxylic acids is 2. The Morgan fingerprint density at radius 1 is 0.792 bits per heavy atom. The zero-order chi connectivity index (χ0) is 18.4. The second kappa shape index (κ2) is 13.8. The normalized spacial score (nSPS) is 12.0. The highest BCUT2D eigenvalue weighted by Gasteiger charge is 2.09. The van der Waals surface area contributed by atoms with Crippen molar-refractivity contribution in [2.24, 2.45) is 0 Å². The molecule has 0 aliphatic heterocycles. The van der Waals surface area contributed by atoms with Gasteiger partial charge < -0.3 is 4.74 Å². The molecule has 0 N–H and O–H groups in total. The minimum Gasteiger partial charge on any atom is -0.466 e. The van der Waals surface area contributed by atoms with Gasteiger partial charge in [0.25, 0.3) is 0 Å². The van der Waals surface area contributed by atoms with E-state index < -0.39 is 5.97 Å². The molecule has 0 unspecified atom stereocenters. The SMILES string of the molecule is CCOC(=O)[13CH2][13C](=O)[13CH2]C/C=C(\C)CC/C=C(\C)CCC=C(C)C. The van der Waals surface area contributed by atoms with Crippen LogP contribution in [-0.2, 0) is 14.3 Å². The average molecular weight is 337 g/mol. The third kappa shape index (κ3) is 14.0. The fourth-order valence-electron chi connectivity index (χ4n) is 2.28. The molecule has 0 atom stereocenters. The summed E-state index contributed by atoms with van der Waals surface area (Å²) in [5.41, 5.74) is 4.11. The van der Waals surface area contributed by atoms with Gasteiger partial charge in [0.05, 0.1) is 6.61 Å². The van der Waals surface area contributed by atoms with Crippen molar-refractivity contribution >= 4 is 11.8 Å². The summed E-state index contributed by atoms with van der Waals surface area (Å²) < 4.78 is 4.77. The topological polar surface area (TPSA) is 43.4 Å². The maximum atomic E-state index is 11.6. The summed E-state index contributed by atoms with van der Waals surface area (Å²) >= 11 is 0. The summed E-state index contributed by atoms with van der Waals surface area (Å²) in [6.45, 7) is 10.6. The summed E-state index contributed by atoms with van der Waals surface area (Å²) in [6, 6.07) is 0. The van der Waals surface area contributed by atoms with Gasteiger partial charge >= 0.3 is 5.97 Å². The van der Waals surface area contributed by atoms with Crippen LogP contribution in [0.4, 0.5) is 0 Å². The van der Waals surface area contributed by atoms with E-state index in [2.05, 4.69) is 45.9 Å². The van der Waals surface area contributed by atoms with Gasteiger partial charge in [-0.1, -0.05) is 34.9 Å². The predicted molar refractivity (Wildman–Crippen MR) is 101 cm³/mol. The summed E-state index contributed by atoms with van der Waals surface area (Å²) in [6.07, 6.45) is 12.0. The highest BCUT2D eigenvalue weighted by atomic mass is 16.5. The van der Waals surface area contributed by atoms with Gasteiger partial charge in [0, 0.05) is 6.42 Å². The molecule has 0 saturated heterocycles. The van der Waals surface area contributed by atoms with E-state index in [1.165, 1.54) is 16.7 Å². The zero-order valence-corrected chi connectivity index (χ0v) is 16.1. The molecule has 0 aliphatic carbocycles. The van der Waals surface area contributed by atoms with Gasteiger partial charge in [-0.05, 0) is 66.7 Å². The van der Waals surface area contributed by atoms with Crippen molar-refractivity contribution in [1.29, 1.82) is 0 Å². The van der Waals surface area contributed by atoms with E-state index in [0.717, 1.165) is 25.7 Å². The lowest BCUT2D eigenvalue weighted by Gasteiger charge is -2.02. The van der Waals surface area contributed by atoms with Crippen molar-refractivity contribution in [1.82, 2.24) is 0 Å². The van der Waals surface area contributed by atoms with Crippen molar-refractivity contribution in [3.8, 4) is 0 Å². The molecule has 24 heavy (non-hydrogen) atoms. The Bertz CT molecular complexity index is 477. The largest absolute Gasteiger partial charge is 0.466 e. The van der Waals surface area contributed by atoms with E-state index in [-0.39, 0.29) is 12.2 Å². The van der Waals surface area contributed by atoms with E-state index in [0.29, 0.717) is 19.4 Å². The van der Waals surface area contributed by atoms with Crippen molar-refractivity contribution < 1.29 is 14.3 Å². The Kier molecular flexibility index (Phi) is 12.8. The zero-order valence-electron chi connectivity index (χ0n) is 16.1. The summed E-state index contributed by atoms with van der Waals surface area (Å²) in [5.74, 6) is -0.468.